The summed E-state index contributed by atoms with van der Waals surface area (Å²) < 4.78 is 11.8. The lowest BCUT2D eigenvalue weighted by atomic mass is 10.1. The first-order valence-electron chi connectivity index (χ1n) is 11.4. The molecule has 3 aromatic rings. The molecule has 1 heterocycles. The number of carboxylic acids is 4. The lowest BCUT2D eigenvalue weighted by molar-refractivity contribution is -0.134. The summed E-state index contributed by atoms with van der Waals surface area (Å²) in [6.07, 6.45) is 2.23. The first kappa shape index (κ1) is 34.9. The predicted octanol–water partition coefficient (Wildman–Crippen LogP) is 3.84. The largest absolute Gasteiger partial charge is 0.496 e. The Kier molecular flexibility index (Phi) is 14.5. The molecule has 0 amide bonds. The maximum atomic E-state index is 9.55. The van der Waals surface area contributed by atoms with Gasteiger partial charge in [0.1, 0.15) is 11.5 Å². The second-order valence-corrected chi connectivity index (χ2v) is 9.04. The van der Waals surface area contributed by atoms with Crippen LogP contribution in [0.2, 0.25) is 5.02 Å². The number of carbonyl (C=O) groups is 4. The average molecular weight is 623 g/mol. The van der Waals surface area contributed by atoms with E-state index in [1.54, 1.807) is 14.2 Å². The van der Waals surface area contributed by atoms with E-state index in [9.17, 15) is 19.2 Å². The van der Waals surface area contributed by atoms with Gasteiger partial charge in [0.05, 0.1) is 36.5 Å². The molecule has 16 heteroatoms. The summed E-state index contributed by atoms with van der Waals surface area (Å²) in [5.74, 6) is -3.48. The van der Waals surface area contributed by atoms with E-state index in [2.05, 4.69) is 15.6 Å². The number of hydrogen-bond donors (Lipinski definition) is 7. The number of fused-ring (bicyclic) bond motifs is 1. The predicted molar refractivity (Wildman–Crippen MR) is 156 cm³/mol. The van der Waals surface area contributed by atoms with Gasteiger partial charge in [0, 0.05) is 29.3 Å². The number of guanidine groups is 1. The third-order valence-corrected chi connectivity index (χ3v) is 5.95. The summed E-state index contributed by atoms with van der Waals surface area (Å²) in [6, 6.07) is 9.41. The Morgan fingerprint density at radius 1 is 0.929 bits per heavy atom. The van der Waals surface area contributed by atoms with Gasteiger partial charge >= 0.3 is 23.9 Å². The van der Waals surface area contributed by atoms with E-state index in [4.69, 9.17) is 46.9 Å². The summed E-state index contributed by atoms with van der Waals surface area (Å²) in [4.78, 5) is 42.7. The van der Waals surface area contributed by atoms with E-state index in [-0.39, 0.29) is 5.96 Å². The number of aromatic nitrogens is 1. The Hall–Kier alpha value is -5.15. The van der Waals surface area contributed by atoms with E-state index in [0.717, 1.165) is 21.3 Å². The number of carboxylic acid groups (broad SMARTS) is 4. The summed E-state index contributed by atoms with van der Waals surface area (Å²) >= 11 is 7.62. The van der Waals surface area contributed by atoms with Gasteiger partial charge in [-0.1, -0.05) is 29.0 Å². The molecule has 7 N–H and O–H groups in total. The van der Waals surface area contributed by atoms with Gasteiger partial charge in [0.25, 0.3) is 0 Å². The highest BCUT2D eigenvalue weighted by Crippen LogP contribution is 2.31. The summed E-state index contributed by atoms with van der Waals surface area (Å²) in [5, 5.41) is 46.7. The highest BCUT2D eigenvalue weighted by Gasteiger charge is 2.12. The zero-order chi connectivity index (χ0) is 31.8. The zero-order valence-corrected chi connectivity index (χ0v) is 23.9. The fraction of sp³-hybridized carbons (Fsp3) is 0.154. The normalized spacial score (nSPS) is 10.2. The average Bonchev–Trinajstić information content (AvgIpc) is 3.30. The molecule has 0 radical (unpaired) electrons. The number of aliphatic carboxylic acids is 4. The minimum atomic E-state index is -1.26. The molecule has 224 valence electrons. The Morgan fingerprint density at radius 3 is 1.83 bits per heavy atom. The Morgan fingerprint density at radius 2 is 1.40 bits per heavy atom. The summed E-state index contributed by atoms with van der Waals surface area (Å²) in [7, 11) is 3.21. The zero-order valence-electron chi connectivity index (χ0n) is 22.4. The summed E-state index contributed by atoms with van der Waals surface area (Å²) in [6.45, 7) is 2.34. The van der Waals surface area contributed by atoms with Crippen molar-refractivity contribution in [1.29, 1.82) is 5.41 Å². The van der Waals surface area contributed by atoms with E-state index in [1.165, 1.54) is 11.3 Å². The van der Waals surface area contributed by atoms with Crippen LogP contribution in [0.15, 0.2) is 54.6 Å². The molecule has 42 heavy (non-hydrogen) atoms. The van der Waals surface area contributed by atoms with E-state index in [0.29, 0.717) is 52.5 Å². The molecule has 0 spiro atoms. The number of nitrogens with zero attached hydrogens (tertiary/aromatic N) is 1. The van der Waals surface area contributed by atoms with Gasteiger partial charge in [-0.3, -0.25) is 5.41 Å². The molecule has 14 nitrogen and oxygen atoms in total. The molecule has 0 aliphatic rings. The number of methoxy groups -OCH3 is 2. The highest BCUT2D eigenvalue weighted by atomic mass is 35.5. The van der Waals surface area contributed by atoms with Crippen molar-refractivity contribution in [1.82, 2.24) is 10.3 Å². The molecular formula is C26H27ClN4O10S. The van der Waals surface area contributed by atoms with Gasteiger partial charge < -0.3 is 40.5 Å². The Bertz CT molecular complexity index is 1380. The molecular weight excluding hydrogens is 596 g/mol. The number of rotatable bonds is 9. The minimum Gasteiger partial charge on any atom is -0.496 e. The Labute approximate surface area is 248 Å². The first-order valence-corrected chi connectivity index (χ1v) is 12.6. The molecule has 0 saturated carbocycles. The molecule has 0 unspecified atom stereocenters. The minimum absolute atomic E-state index is 0.139. The van der Waals surface area contributed by atoms with Crippen LogP contribution in [-0.2, 0) is 25.7 Å². The van der Waals surface area contributed by atoms with Crippen molar-refractivity contribution in [3.8, 4) is 11.5 Å². The maximum Gasteiger partial charge on any atom is 0.328 e. The fourth-order valence-corrected chi connectivity index (χ4v) is 3.93. The van der Waals surface area contributed by atoms with Crippen molar-refractivity contribution in [3.05, 3.63) is 70.8 Å². The van der Waals surface area contributed by atoms with Crippen LogP contribution in [0.25, 0.3) is 10.2 Å². The second-order valence-electron chi connectivity index (χ2n) is 7.60. The molecule has 2 aromatic carbocycles. The van der Waals surface area contributed by atoms with Crippen LogP contribution in [0.5, 0.6) is 11.5 Å². The molecule has 0 aliphatic heterocycles. The van der Waals surface area contributed by atoms with Crippen molar-refractivity contribution in [2.45, 2.75) is 13.5 Å². The number of thiazole rings is 1. The van der Waals surface area contributed by atoms with Crippen LogP contribution in [0.1, 0.15) is 11.1 Å². The van der Waals surface area contributed by atoms with Gasteiger partial charge in [-0.05, 0) is 36.8 Å². The van der Waals surface area contributed by atoms with Crippen molar-refractivity contribution < 1.29 is 49.1 Å². The number of benzene rings is 2. The summed E-state index contributed by atoms with van der Waals surface area (Å²) in [5.41, 5.74) is 2.66. The molecule has 0 bridgehead atoms. The van der Waals surface area contributed by atoms with Gasteiger partial charge in [0.2, 0.25) is 0 Å². The molecule has 1 aromatic heterocycles. The monoisotopic (exact) mass is 622 g/mol. The van der Waals surface area contributed by atoms with Gasteiger partial charge in [-0.2, -0.15) is 0 Å². The van der Waals surface area contributed by atoms with Gasteiger partial charge in [-0.15, -0.1) is 0 Å². The number of nitrogens with one attached hydrogen (secondary N) is 3. The van der Waals surface area contributed by atoms with Crippen LogP contribution < -0.4 is 20.1 Å². The van der Waals surface area contributed by atoms with Crippen molar-refractivity contribution >= 4 is 68.1 Å². The van der Waals surface area contributed by atoms with Crippen molar-refractivity contribution in [3.63, 3.8) is 0 Å². The van der Waals surface area contributed by atoms with Gasteiger partial charge in [0.15, 0.2) is 11.1 Å². The lowest BCUT2D eigenvalue weighted by Crippen LogP contribution is -2.29. The Balaban J connectivity index is 0.000000454. The second kappa shape index (κ2) is 17.5. The van der Waals surface area contributed by atoms with Crippen LogP contribution >= 0.6 is 22.9 Å². The molecule has 0 fully saturated rings. The molecule has 0 aliphatic carbocycles. The number of anilines is 1. The van der Waals surface area contributed by atoms with E-state index >= 15 is 0 Å². The smallest absolute Gasteiger partial charge is 0.328 e. The van der Waals surface area contributed by atoms with E-state index < -0.39 is 23.9 Å². The van der Waals surface area contributed by atoms with Gasteiger partial charge in [-0.25, -0.2) is 24.2 Å². The number of hydrogen-bond acceptors (Lipinski definition) is 9. The number of aryl methyl sites for hydroxylation is 1. The topological polar surface area (TPSA) is 228 Å². The van der Waals surface area contributed by atoms with Crippen LogP contribution in [-0.4, -0.2) is 69.5 Å². The lowest BCUT2D eigenvalue weighted by Gasteiger charge is -2.14. The molecule has 0 atom stereocenters. The first-order chi connectivity index (χ1) is 19.8. The maximum absolute atomic E-state index is 9.55. The molecule has 0 saturated heterocycles. The third kappa shape index (κ3) is 12.8. The number of halogens is 1. The van der Waals surface area contributed by atoms with Crippen LogP contribution in [0.3, 0.4) is 0 Å². The van der Waals surface area contributed by atoms with E-state index in [1.807, 2.05) is 37.3 Å². The van der Waals surface area contributed by atoms with Crippen LogP contribution in [0, 0.1) is 12.3 Å². The number of ether oxygens (including phenoxy) is 2. The fourth-order valence-electron chi connectivity index (χ4n) is 2.82. The third-order valence-electron chi connectivity index (χ3n) is 4.61. The SMILES string of the molecule is COc1cccc(OC)c1CNC(=N)Nc1nc2cc(Cl)c(C)cc2s1.O=C(O)/C=C/C(=O)O.O=C(O)/C=C/C(=O)O. The van der Waals surface area contributed by atoms with Crippen LogP contribution in [0.4, 0.5) is 5.13 Å². The highest BCUT2D eigenvalue weighted by molar-refractivity contribution is 7.22. The molecule has 3 rings (SSSR count). The van der Waals surface area contributed by atoms with Crippen molar-refractivity contribution in [2.75, 3.05) is 19.5 Å². The van der Waals surface area contributed by atoms with Crippen molar-refractivity contribution in [2.24, 2.45) is 0 Å². The quantitative estimate of drug-likeness (QED) is 0.102. The standard InChI is InChI=1S/C18H19ClN4O2S.2C4H4O4/c1-10-7-16-13(8-12(10)19)22-18(26-16)23-17(20)21-9-11-14(24-2)5-4-6-15(11)25-3;2*5-3(6)1-2-4(7)8/h4-8H,9H2,1-3H3,(H3,20,21,22,23);2*1-2H,(H,5,6)(H,7,8)/b;2*2-1+.